The lowest BCUT2D eigenvalue weighted by molar-refractivity contribution is -0.374. The van der Waals surface area contributed by atoms with E-state index in [1.807, 2.05) is 13.8 Å². The molecular formula is C60H102O28. The Balaban J connectivity index is 0.881. The van der Waals surface area contributed by atoms with Crippen LogP contribution in [0.25, 0.3) is 0 Å². The molecule has 0 aromatic rings. The summed E-state index contributed by atoms with van der Waals surface area (Å²) in [6, 6.07) is 0. The van der Waals surface area contributed by atoms with Crippen LogP contribution in [0, 0.1) is 45.3 Å². The fraction of sp³-hybridized carbons (Fsp3) is 0.967. The number of aliphatic hydroxyl groups excluding tert-OH is 17. The lowest BCUT2D eigenvalue weighted by Gasteiger charge is -2.67. The summed E-state index contributed by atoms with van der Waals surface area (Å²) in [5.41, 5.74) is -2.38. The van der Waals surface area contributed by atoms with Crippen LogP contribution in [-0.2, 0) is 47.4 Å². The lowest BCUT2D eigenvalue weighted by atomic mass is 9.38. The Labute approximate surface area is 512 Å². The van der Waals surface area contributed by atoms with Crippen LogP contribution in [0.5, 0.6) is 0 Å². The predicted octanol–water partition coefficient (Wildman–Crippen LogP) is -4.38. The summed E-state index contributed by atoms with van der Waals surface area (Å²) in [4.78, 5) is 0. The van der Waals surface area contributed by atoms with Crippen LogP contribution < -0.4 is 0 Å². The topological polar surface area (TPSA) is 456 Å². The fourth-order valence-corrected chi connectivity index (χ4v) is 17.1. The van der Waals surface area contributed by atoms with E-state index in [4.69, 9.17) is 47.4 Å². The van der Waals surface area contributed by atoms with Crippen molar-refractivity contribution in [2.75, 3.05) is 33.0 Å². The van der Waals surface area contributed by atoms with Gasteiger partial charge in [0.1, 0.15) is 104 Å². The average molecular weight is 1270 g/mol. The first-order valence-corrected chi connectivity index (χ1v) is 31.5. The highest BCUT2D eigenvalue weighted by Crippen LogP contribution is 2.75. The SMILES string of the molecule is C[C@H](CC[C@@H](O[C@@H]1O[C@H](CO[C@@H]2O[C@H](CO)[C@@H](O)[C@H](O)[C@H]2O)[C@@H](O)[C@H](O)[C@H]1O[C@@H]1O[C@H](CO)C[C@H](O)[C@H]1O)C(C)(C)O)C1CC[C@@]2(C)C3CC=C4C(CC[C@H](O[C@@H]5O[C@H](CO)[C@@H](O[C@@H]6O[C@H](CO)[C@@H](O)[C@H](O)[C@H]6O)[C@H](O)[C@H]5O)C4(C)C)[C@]3(C)[C@H](O)C[C@]12C. The molecule has 4 aliphatic carbocycles. The number of hydrogen-bond acceptors (Lipinski definition) is 28. The van der Waals surface area contributed by atoms with Gasteiger partial charge in [0.25, 0.3) is 0 Å². The Bertz CT molecular complexity index is 2310. The first-order valence-electron chi connectivity index (χ1n) is 31.5. The summed E-state index contributed by atoms with van der Waals surface area (Å²) in [6.45, 7) is 12.8. The van der Waals surface area contributed by atoms with Crippen LogP contribution in [0.15, 0.2) is 11.6 Å². The molecule has 0 bridgehead atoms. The summed E-state index contributed by atoms with van der Waals surface area (Å²) in [5.74, 6) is 0.0600. The average Bonchev–Trinajstić information content (AvgIpc) is 1.28. The van der Waals surface area contributed by atoms with E-state index in [-0.39, 0.29) is 47.3 Å². The molecule has 28 nitrogen and oxygen atoms in total. The zero-order valence-electron chi connectivity index (χ0n) is 51.5. The first kappa shape index (κ1) is 70.9. The van der Waals surface area contributed by atoms with Crippen molar-refractivity contribution in [3.05, 3.63) is 11.6 Å². The van der Waals surface area contributed by atoms with E-state index in [2.05, 4.69) is 33.8 Å². The monoisotopic (exact) mass is 1270 g/mol. The molecule has 0 spiro atoms. The molecule has 0 amide bonds. The van der Waals surface area contributed by atoms with E-state index >= 15 is 0 Å². The van der Waals surface area contributed by atoms with Crippen molar-refractivity contribution in [3.63, 3.8) is 0 Å². The van der Waals surface area contributed by atoms with Gasteiger partial charge in [-0.1, -0.05) is 53.2 Å². The number of fused-ring (bicyclic) bond motifs is 5. The van der Waals surface area contributed by atoms with Crippen molar-refractivity contribution >= 4 is 0 Å². The van der Waals surface area contributed by atoms with Crippen LogP contribution in [0.4, 0.5) is 0 Å². The van der Waals surface area contributed by atoms with E-state index in [1.54, 1.807) is 0 Å². The summed E-state index contributed by atoms with van der Waals surface area (Å²) in [6.07, 6.45) is -34.0. The fourth-order valence-electron chi connectivity index (χ4n) is 17.1. The summed E-state index contributed by atoms with van der Waals surface area (Å²) in [7, 11) is 0. The van der Waals surface area contributed by atoms with Crippen LogP contribution in [0.3, 0.4) is 0 Å². The van der Waals surface area contributed by atoms with Crippen molar-refractivity contribution < 1.29 is 139 Å². The standard InChI is InChI=1S/C60H102O28/c1-24(9-13-37(57(4,5)78)86-55-50(88-52-38(67)29(65)17-25(19-61)80-52)44(73)41(70)33(84-55)23-79-51-46(75)42(71)39(68)30(20-62)81-51)26-15-16-58(6)34-12-10-27-28(60(34,8)35(66)18-59(26,58)7)11-14-36(56(27,2)3)85-53-48(77)45(74)49(32(22-64)83-53)87-54-47(76)43(72)40(69)31(21-63)82-54/h10,24-26,28-55,61-78H,9,11-23H2,1-8H3/t24-,25+,26?,28?,29+,30-,31-,32-,33-,34?,35-,36+,37-,38-,39-,40-,41-,42+,43+,44+,45-,46-,47-,48-,49-,50-,51-,52+,53+,54+,55+,58+,59-,60+/m1/s1. The maximum atomic E-state index is 12.8. The molecule has 0 aromatic carbocycles. The van der Waals surface area contributed by atoms with E-state index in [0.29, 0.717) is 32.1 Å². The number of rotatable bonds is 20. The third kappa shape index (κ3) is 12.8. The third-order valence-corrected chi connectivity index (χ3v) is 22.8. The van der Waals surface area contributed by atoms with Crippen LogP contribution in [0.1, 0.15) is 113 Å². The molecule has 0 aromatic heterocycles. The van der Waals surface area contributed by atoms with Crippen LogP contribution in [0.2, 0.25) is 0 Å². The number of hydrogen-bond donors (Lipinski definition) is 18. The lowest BCUT2D eigenvalue weighted by Crippen LogP contribution is -2.66. The van der Waals surface area contributed by atoms with Gasteiger partial charge in [-0.05, 0) is 99.7 Å². The predicted molar refractivity (Wildman–Crippen MR) is 299 cm³/mol. The van der Waals surface area contributed by atoms with Gasteiger partial charge in [0.15, 0.2) is 31.5 Å². The van der Waals surface area contributed by atoms with Crippen molar-refractivity contribution in [1.29, 1.82) is 0 Å². The van der Waals surface area contributed by atoms with Crippen molar-refractivity contribution in [2.45, 2.75) is 285 Å². The Morgan fingerprint density at radius 3 is 1.70 bits per heavy atom. The molecule has 28 heteroatoms. The van der Waals surface area contributed by atoms with E-state index in [0.717, 1.165) is 18.4 Å². The van der Waals surface area contributed by atoms with Crippen molar-refractivity contribution in [1.82, 2.24) is 0 Å². The Hall–Kier alpha value is -1.38. The second kappa shape index (κ2) is 27.4. The molecule has 18 N–H and O–H groups in total. The Kier molecular flexibility index (Phi) is 22.1. The second-order valence-electron chi connectivity index (χ2n) is 28.6. The van der Waals surface area contributed by atoms with E-state index in [9.17, 15) is 91.9 Å². The minimum atomic E-state index is -1.89. The molecule has 0 radical (unpaired) electrons. The first-order chi connectivity index (χ1) is 41.2. The van der Waals surface area contributed by atoms with Gasteiger partial charge in [-0.3, -0.25) is 0 Å². The normalized spacial score (nSPS) is 51.4. The molecule has 3 saturated carbocycles. The molecule has 510 valence electrons. The Morgan fingerprint density at radius 2 is 1.09 bits per heavy atom. The van der Waals surface area contributed by atoms with Gasteiger partial charge < -0.3 is 139 Å². The second-order valence-corrected chi connectivity index (χ2v) is 28.6. The highest BCUT2D eigenvalue weighted by atomic mass is 16.8. The van der Waals surface area contributed by atoms with Gasteiger partial charge in [-0.25, -0.2) is 0 Å². The summed E-state index contributed by atoms with van der Waals surface area (Å²) < 4.78 is 59.8. The Morgan fingerprint density at radius 1 is 0.557 bits per heavy atom. The third-order valence-electron chi connectivity index (χ3n) is 22.8. The van der Waals surface area contributed by atoms with Crippen molar-refractivity contribution in [2.24, 2.45) is 45.3 Å². The van der Waals surface area contributed by atoms with Crippen LogP contribution in [-0.4, -0.2) is 296 Å². The molecule has 8 fully saturated rings. The number of aliphatic hydroxyl groups is 18. The van der Waals surface area contributed by atoms with Gasteiger partial charge in [-0.2, -0.15) is 0 Å². The molecule has 34 atom stereocenters. The molecule has 5 heterocycles. The van der Waals surface area contributed by atoms with Gasteiger partial charge in [0.2, 0.25) is 0 Å². The molecule has 9 aliphatic rings. The maximum absolute atomic E-state index is 12.8. The largest absolute Gasteiger partial charge is 0.394 e. The van der Waals surface area contributed by atoms with E-state index < -0.39 is 215 Å². The molecule has 5 saturated heterocycles. The summed E-state index contributed by atoms with van der Waals surface area (Å²) >= 11 is 0. The number of ether oxygens (including phenoxy) is 10. The smallest absolute Gasteiger partial charge is 0.187 e. The minimum Gasteiger partial charge on any atom is -0.394 e. The molecule has 88 heavy (non-hydrogen) atoms. The molecular weight excluding hydrogens is 1170 g/mol. The zero-order valence-corrected chi connectivity index (χ0v) is 51.5. The van der Waals surface area contributed by atoms with Gasteiger partial charge in [-0.15, -0.1) is 0 Å². The highest BCUT2D eigenvalue weighted by Gasteiger charge is 2.70. The number of allylic oxidation sites excluding steroid dienone is 1. The molecule has 9 rings (SSSR count). The quantitative estimate of drug-likeness (QED) is 0.0512. The van der Waals surface area contributed by atoms with Crippen molar-refractivity contribution in [3.8, 4) is 0 Å². The molecule has 5 aliphatic heterocycles. The van der Waals surface area contributed by atoms with Gasteiger partial charge in [0.05, 0.1) is 69.2 Å². The maximum Gasteiger partial charge on any atom is 0.187 e. The van der Waals surface area contributed by atoms with Gasteiger partial charge >= 0.3 is 0 Å². The summed E-state index contributed by atoms with van der Waals surface area (Å²) in [5, 5.41) is 195. The molecule has 3 unspecified atom stereocenters. The highest BCUT2D eigenvalue weighted by molar-refractivity contribution is 5.32. The van der Waals surface area contributed by atoms with Crippen LogP contribution >= 0.6 is 0 Å². The zero-order chi connectivity index (χ0) is 64.7. The minimum absolute atomic E-state index is 0.0111. The van der Waals surface area contributed by atoms with E-state index in [1.165, 1.54) is 13.8 Å². The van der Waals surface area contributed by atoms with Gasteiger partial charge in [0, 0.05) is 17.3 Å².